The number of nitrogen functional groups attached to an aromatic ring is 1. The number of halogens is 1. The monoisotopic (exact) mass is 258 g/mol. The molecule has 6 heteroatoms. The average Bonchev–Trinajstić information content (AvgIpc) is 2.43. The number of benzene rings is 1. The van der Waals surface area contributed by atoms with Crippen molar-refractivity contribution < 1.29 is 9.13 Å². The molecule has 0 aliphatic heterocycles. The van der Waals surface area contributed by atoms with E-state index in [2.05, 4.69) is 10.3 Å². The first-order valence-corrected chi connectivity index (χ1v) is 5.41. The zero-order chi connectivity index (χ0) is 13.8. The summed E-state index contributed by atoms with van der Waals surface area (Å²) in [6.07, 6.45) is 0. The van der Waals surface area contributed by atoms with Crippen LogP contribution in [-0.2, 0) is 0 Å². The molecule has 3 N–H and O–H groups in total. The van der Waals surface area contributed by atoms with Crippen LogP contribution in [0.3, 0.4) is 0 Å². The quantitative estimate of drug-likeness (QED) is 0.883. The second kappa shape index (κ2) is 5.23. The van der Waals surface area contributed by atoms with Gasteiger partial charge in [0.1, 0.15) is 5.82 Å². The van der Waals surface area contributed by atoms with E-state index in [1.165, 1.54) is 19.2 Å². The van der Waals surface area contributed by atoms with E-state index < -0.39 is 5.82 Å². The van der Waals surface area contributed by atoms with Crippen LogP contribution in [0.1, 0.15) is 5.56 Å². The summed E-state index contributed by atoms with van der Waals surface area (Å²) >= 11 is 0. The van der Waals surface area contributed by atoms with Crippen molar-refractivity contribution in [3.63, 3.8) is 0 Å². The van der Waals surface area contributed by atoms with E-state index in [1.807, 2.05) is 6.07 Å². The number of pyridine rings is 1. The molecule has 96 valence electrons. The number of hydrogen-bond acceptors (Lipinski definition) is 5. The summed E-state index contributed by atoms with van der Waals surface area (Å²) in [4.78, 5) is 4.08. The van der Waals surface area contributed by atoms with Gasteiger partial charge in [-0.2, -0.15) is 10.2 Å². The highest BCUT2D eigenvalue weighted by Crippen LogP contribution is 2.25. The smallest absolute Gasteiger partial charge is 0.215 e. The minimum Gasteiger partial charge on any atom is -0.481 e. The van der Waals surface area contributed by atoms with Crippen molar-refractivity contribution in [2.75, 3.05) is 18.2 Å². The topological polar surface area (TPSA) is 84.0 Å². The van der Waals surface area contributed by atoms with Crippen molar-refractivity contribution in [3.8, 4) is 11.9 Å². The summed E-state index contributed by atoms with van der Waals surface area (Å²) in [5.41, 5.74) is 6.54. The van der Waals surface area contributed by atoms with Crippen LogP contribution in [0.25, 0.3) is 0 Å². The van der Waals surface area contributed by atoms with Crippen molar-refractivity contribution in [2.45, 2.75) is 0 Å². The number of nitrogens with one attached hydrogen (secondary N) is 1. The summed E-state index contributed by atoms with van der Waals surface area (Å²) in [7, 11) is 1.48. The average molecular weight is 258 g/mol. The van der Waals surface area contributed by atoms with Crippen molar-refractivity contribution in [3.05, 3.63) is 41.7 Å². The predicted molar refractivity (Wildman–Crippen MR) is 69.6 cm³/mol. The molecule has 1 heterocycles. The fourth-order valence-electron chi connectivity index (χ4n) is 1.48. The first-order chi connectivity index (χ1) is 9.13. The zero-order valence-corrected chi connectivity index (χ0v) is 10.1. The van der Waals surface area contributed by atoms with E-state index in [-0.39, 0.29) is 11.3 Å². The molecular weight excluding hydrogens is 247 g/mol. The summed E-state index contributed by atoms with van der Waals surface area (Å²) in [5, 5.41) is 11.4. The Balaban J connectivity index is 2.33. The number of aromatic nitrogens is 1. The largest absolute Gasteiger partial charge is 0.481 e. The maximum atomic E-state index is 13.7. The van der Waals surface area contributed by atoms with Gasteiger partial charge in [0.2, 0.25) is 5.88 Å². The summed E-state index contributed by atoms with van der Waals surface area (Å²) in [6.45, 7) is 0. The summed E-state index contributed by atoms with van der Waals surface area (Å²) in [6, 6.07) is 9.17. The minimum atomic E-state index is -0.553. The van der Waals surface area contributed by atoms with Crippen LogP contribution in [-0.4, -0.2) is 12.1 Å². The predicted octanol–water partition coefficient (Wildman–Crippen LogP) is 2.43. The third-order valence-corrected chi connectivity index (χ3v) is 2.46. The molecule has 0 unspecified atom stereocenters. The van der Waals surface area contributed by atoms with Crippen LogP contribution in [0.4, 0.5) is 21.6 Å². The van der Waals surface area contributed by atoms with Crippen LogP contribution in [0, 0.1) is 17.1 Å². The second-order valence-electron chi connectivity index (χ2n) is 3.72. The number of methoxy groups -OCH3 is 1. The van der Waals surface area contributed by atoms with E-state index in [9.17, 15) is 4.39 Å². The highest BCUT2D eigenvalue weighted by molar-refractivity contribution is 5.69. The van der Waals surface area contributed by atoms with Gasteiger partial charge in [0.15, 0.2) is 5.82 Å². The number of rotatable bonds is 3. The van der Waals surface area contributed by atoms with Crippen molar-refractivity contribution in [2.24, 2.45) is 0 Å². The number of nitriles is 1. The Kier molecular flexibility index (Phi) is 3.48. The SMILES string of the molecule is COc1ccc(N)c(Nc2ccc(C#N)cc2F)n1. The molecule has 0 aliphatic rings. The maximum Gasteiger partial charge on any atom is 0.215 e. The molecule has 0 fully saturated rings. The van der Waals surface area contributed by atoms with Crippen molar-refractivity contribution in [1.29, 1.82) is 5.26 Å². The lowest BCUT2D eigenvalue weighted by Crippen LogP contribution is -2.02. The Morgan fingerprint density at radius 2 is 2.16 bits per heavy atom. The van der Waals surface area contributed by atoms with Crippen LogP contribution >= 0.6 is 0 Å². The molecule has 0 spiro atoms. The molecule has 0 amide bonds. The van der Waals surface area contributed by atoms with Gasteiger partial charge in [0, 0.05) is 6.07 Å². The number of nitrogens with two attached hydrogens (primary N) is 1. The minimum absolute atomic E-state index is 0.187. The molecule has 0 saturated carbocycles. The Labute approximate surface area is 109 Å². The van der Waals surface area contributed by atoms with E-state index in [1.54, 1.807) is 12.1 Å². The molecule has 0 bridgehead atoms. The van der Waals surface area contributed by atoms with Crippen LogP contribution in [0.15, 0.2) is 30.3 Å². The molecule has 0 atom stereocenters. The molecule has 0 saturated heterocycles. The van der Waals surface area contributed by atoms with Gasteiger partial charge in [-0.05, 0) is 24.3 Å². The fourth-order valence-corrected chi connectivity index (χ4v) is 1.48. The molecule has 1 aromatic heterocycles. The van der Waals surface area contributed by atoms with Gasteiger partial charge in [0.05, 0.1) is 30.1 Å². The zero-order valence-electron chi connectivity index (χ0n) is 10.1. The van der Waals surface area contributed by atoms with E-state index in [0.29, 0.717) is 17.4 Å². The molecule has 5 nitrogen and oxygen atoms in total. The molecule has 19 heavy (non-hydrogen) atoms. The van der Waals surface area contributed by atoms with Gasteiger partial charge in [-0.15, -0.1) is 0 Å². The summed E-state index contributed by atoms with van der Waals surface area (Å²) in [5.74, 6) is 0.108. The second-order valence-corrected chi connectivity index (χ2v) is 3.72. The van der Waals surface area contributed by atoms with Gasteiger partial charge in [-0.25, -0.2) is 4.39 Å². The van der Waals surface area contributed by atoms with E-state index >= 15 is 0 Å². The van der Waals surface area contributed by atoms with Crippen LogP contribution < -0.4 is 15.8 Å². The van der Waals surface area contributed by atoms with Gasteiger partial charge in [-0.1, -0.05) is 0 Å². The Bertz CT molecular complexity index is 652. The van der Waals surface area contributed by atoms with Crippen LogP contribution in [0.2, 0.25) is 0 Å². The van der Waals surface area contributed by atoms with Gasteiger partial charge in [0.25, 0.3) is 0 Å². The number of ether oxygens (including phenoxy) is 1. The highest BCUT2D eigenvalue weighted by atomic mass is 19.1. The Hall–Kier alpha value is -2.81. The Morgan fingerprint density at radius 1 is 1.37 bits per heavy atom. The molecular formula is C13H11FN4O. The maximum absolute atomic E-state index is 13.7. The van der Waals surface area contributed by atoms with E-state index in [4.69, 9.17) is 15.7 Å². The normalized spacial score (nSPS) is 9.74. The van der Waals surface area contributed by atoms with Crippen LogP contribution in [0.5, 0.6) is 5.88 Å². The van der Waals surface area contributed by atoms with Gasteiger partial charge >= 0.3 is 0 Å². The van der Waals surface area contributed by atoms with Crippen molar-refractivity contribution >= 4 is 17.2 Å². The lowest BCUT2D eigenvalue weighted by molar-refractivity contribution is 0.398. The fraction of sp³-hybridized carbons (Fsp3) is 0.0769. The highest BCUT2D eigenvalue weighted by Gasteiger charge is 2.08. The van der Waals surface area contributed by atoms with E-state index in [0.717, 1.165) is 6.07 Å². The third-order valence-electron chi connectivity index (χ3n) is 2.46. The van der Waals surface area contributed by atoms with Crippen molar-refractivity contribution in [1.82, 2.24) is 4.98 Å². The number of hydrogen-bond donors (Lipinski definition) is 2. The summed E-state index contributed by atoms with van der Waals surface area (Å²) < 4.78 is 18.7. The third kappa shape index (κ3) is 2.72. The molecule has 1 aromatic carbocycles. The lowest BCUT2D eigenvalue weighted by Gasteiger charge is -2.10. The molecule has 0 aliphatic carbocycles. The number of nitrogens with zero attached hydrogens (tertiary/aromatic N) is 2. The van der Waals surface area contributed by atoms with Gasteiger partial charge in [-0.3, -0.25) is 0 Å². The number of anilines is 3. The lowest BCUT2D eigenvalue weighted by atomic mass is 10.2. The first-order valence-electron chi connectivity index (χ1n) is 5.41. The Morgan fingerprint density at radius 3 is 2.79 bits per heavy atom. The first kappa shape index (κ1) is 12.6. The molecule has 0 radical (unpaired) electrons. The van der Waals surface area contributed by atoms with Gasteiger partial charge < -0.3 is 15.8 Å². The molecule has 2 aromatic rings. The molecule has 2 rings (SSSR count). The standard InChI is InChI=1S/C13H11FN4O/c1-19-12-5-3-10(16)13(18-12)17-11-4-2-8(7-15)6-9(11)14/h2-6H,16H2,1H3,(H,17,18).